The van der Waals surface area contributed by atoms with Crippen molar-refractivity contribution in [2.75, 3.05) is 6.61 Å². The van der Waals surface area contributed by atoms with Gasteiger partial charge in [0.15, 0.2) is 0 Å². The molecule has 20 heavy (non-hydrogen) atoms. The van der Waals surface area contributed by atoms with Crippen molar-refractivity contribution in [3.05, 3.63) is 61.8 Å². The van der Waals surface area contributed by atoms with Crippen molar-refractivity contribution in [2.45, 2.75) is 12.5 Å². The van der Waals surface area contributed by atoms with Crippen molar-refractivity contribution >= 4 is 31.9 Å². The van der Waals surface area contributed by atoms with Crippen molar-refractivity contribution in [3.8, 4) is 5.75 Å². The van der Waals surface area contributed by atoms with E-state index in [0.29, 0.717) is 17.9 Å². The Morgan fingerprint density at radius 2 is 1.85 bits per heavy atom. The van der Waals surface area contributed by atoms with Crippen molar-refractivity contribution < 1.29 is 14.2 Å². The first-order chi connectivity index (χ1) is 9.56. The zero-order valence-corrected chi connectivity index (χ0v) is 13.5. The van der Waals surface area contributed by atoms with E-state index in [1.54, 1.807) is 18.2 Å². The van der Waals surface area contributed by atoms with E-state index >= 15 is 0 Å². The van der Waals surface area contributed by atoms with Crippen LogP contribution in [-0.4, -0.2) is 11.7 Å². The number of aliphatic hydroxyl groups excluding tert-OH is 1. The molecular formula is C15H11Br2FO2. The van der Waals surface area contributed by atoms with Crippen LogP contribution in [0.3, 0.4) is 0 Å². The van der Waals surface area contributed by atoms with E-state index in [1.807, 2.05) is 6.07 Å². The summed E-state index contributed by atoms with van der Waals surface area (Å²) in [7, 11) is 0. The van der Waals surface area contributed by atoms with Crippen molar-refractivity contribution in [3.63, 3.8) is 0 Å². The number of halogens is 3. The standard InChI is InChI=1S/C15H11Br2FO2/c16-9-1-2-13(18)11(6-9)14(19)12-7-10(17)5-8-3-4-20-15(8)12/h1-2,5-7,14,19H,3-4H2. The van der Waals surface area contributed by atoms with Crippen LogP contribution in [-0.2, 0) is 6.42 Å². The Labute approximate surface area is 132 Å². The molecule has 0 saturated heterocycles. The summed E-state index contributed by atoms with van der Waals surface area (Å²) < 4.78 is 21.1. The lowest BCUT2D eigenvalue weighted by molar-refractivity contribution is 0.208. The molecule has 1 atom stereocenters. The summed E-state index contributed by atoms with van der Waals surface area (Å²) in [5.74, 6) is 0.229. The lowest BCUT2D eigenvalue weighted by Crippen LogP contribution is -2.05. The maximum Gasteiger partial charge on any atom is 0.129 e. The Balaban J connectivity index is 2.11. The van der Waals surface area contributed by atoms with Crippen LogP contribution in [0.5, 0.6) is 5.75 Å². The Morgan fingerprint density at radius 1 is 1.10 bits per heavy atom. The first-order valence-corrected chi connectivity index (χ1v) is 7.73. The van der Waals surface area contributed by atoms with Gasteiger partial charge in [0, 0.05) is 26.5 Å². The molecule has 0 aromatic heterocycles. The Hall–Kier alpha value is -0.910. The normalized spacial score (nSPS) is 14.8. The summed E-state index contributed by atoms with van der Waals surface area (Å²) in [5.41, 5.74) is 1.85. The molecule has 1 aliphatic rings. The summed E-state index contributed by atoms with van der Waals surface area (Å²) in [4.78, 5) is 0. The maximum absolute atomic E-state index is 13.9. The second-order valence-electron chi connectivity index (χ2n) is 4.65. The van der Waals surface area contributed by atoms with E-state index in [1.165, 1.54) is 6.07 Å². The summed E-state index contributed by atoms with van der Waals surface area (Å²) in [6.07, 6.45) is -0.257. The highest BCUT2D eigenvalue weighted by atomic mass is 79.9. The van der Waals surface area contributed by atoms with E-state index in [0.717, 1.165) is 20.9 Å². The van der Waals surface area contributed by atoms with Gasteiger partial charge in [-0.25, -0.2) is 4.39 Å². The van der Waals surface area contributed by atoms with Crippen molar-refractivity contribution in [2.24, 2.45) is 0 Å². The summed E-state index contributed by atoms with van der Waals surface area (Å²) in [6, 6.07) is 8.27. The fourth-order valence-electron chi connectivity index (χ4n) is 2.39. The van der Waals surface area contributed by atoms with E-state index in [2.05, 4.69) is 31.9 Å². The molecule has 0 saturated carbocycles. The molecule has 0 spiro atoms. The molecule has 2 aromatic carbocycles. The van der Waals surface area contributed by atoms with Crippen LogP contribution < -0.4 is 4.74 Å². The van der Waals surface area contributed by atoms with Gasteiger partial charge in [0.1, 0.15) is 17.7 Å². The molecule has 0 amide bonds. The average Bonchev–Trinajstić information content (AvgIpc) is 2.87. The largest absolute Gasteiger partial charge is 0.493 e. The van der Waals surface area contributed by atoms with E-state index in [-0.39, 0.29) is 5.56 Å². The van der Waals surface area contributed by atoms with E-state index < -0.39 is 11.9 Å². The number of aliphatic hydroxyl groups is 1. The zero-order chi connectivity index (χ0) is 14.3. The summed E-state index contributed by atoms with van der Waals surface area (Å²) >= 11 is 6.72. The van der Waals surface area contributed by atoms with Crippen LogP contribution >= 0.6 is 31.9 Å². The fourth-order valence-corrected chi connectivity index (χ4v) is 3.29. The lowest BCUT2D eigenvalue weighted by Gasteiger charge is -2.16. The minimum Gasteiger partial charge on any atom is -0.493 e. The fraction of sp³-hybridized carbons (Fsp3) is 0.200. The van der Waals surface area contributed by atoms with Gasteiger partial charge in [-0.15, -0.1) is 0 Å². The first-order valence-electron chi connectivity index (χ1n) is 6.14. The molecule has 0 fully saturated rings. The van der Waals surface area contributed by atoms with Crippen LogP contribution in [0.1, 0.15) is 22.8 Å². The highest BCUT2D eigenvalue weighted by Crippen LogP contribution is 2.39. The number of rotatable bonds is 2. The number of fused-ring (bicyclic) bond motifs is 1. The quantitative estimate of drug-likeness (QED) is 0.809. The van der Waals surface area contributed by atoms with Gasteiger partial charge in [-0.2, -0.15) is 0 Å². The summed E-state index contributed by atoms with van der Waals surface area (Å²) in [5, 5.41) is 10.5. The minimum absolute atomic E-state index is 0.232. The first kappa shape index (κ1) is 14.0. The number of benzene rings is 2. The van der Waals surface area contributed by atoms with Gasteiger partial charge in [-0.1, -0.05) is 31.9 Å². The SMILES string of the molecule is OC(c1cc(Br)ccc1F)c1cc(Br)cc2c1OCC2. The molecule has 0 radical (unpaired) electrons. The van der Waals surface area contributed by atoms with E-state index in [9.17, 15) is 9.50 Å². The highest BCUT2D eigenvalue weighted by Gasteiger charge is 2.25. The molecule has 2 aromatic rings. The molecule has 1 heterocycles. The molecule has 2 nitrogen and oxygen atoms in total. The number of ether oxygens (including phenoxy) is 1. The molecule has 1 unspecified atom stereocenters. The Morgan fingerprint density at radius 3 is 2.65 bits per heavy atom. The Kier molecular flexibility index (Phi) is 3.84. The topological polar surface area (TPSA) is 29.5 Å². The third kappa shape index (κ3) is 2.50. The second-order valence-corrected chi connectivity index (χ2v) is 6.48. The van der Waals surface area contributed by atoms with Crippen LogP contribution in [0, 0.1) is 5.82 Å². The van der Waals surface area contributed by atoms with E-state index in [4.69, 9.17) is 4.74 Å². The number of hydrogen-bond acceptors (Lipinski definition) is 2. The second kappa shape index (κ2) is 5.47. The van der Waals surface area contributed by atoms with Gasteiger partial charge in [-0.3, -0.25) is 0 Å². The van der Waals surface area contributed by atoms with Crippen LogP contribution in [0.4, 0.5) is 4.39 Å². The van der Waals surface area contributed by atoms with Gasteiger partial charge in [0.2, 0.25) is 0 Å². The molecular weight excluding hydrogens is 391 g/mol. The molecule has 0 aliphatic carbocycles. The molecule has 3 rings (SSSR count). The smallest absolute Gasteiger partial charge is 0.129 e. The van der Waals surface area contributed by atoms with Gasteiger partial charge in [0.05, 0.1) is 6.61 Å². The third-order valence-electron chi connectivity index (χ3n) is 3.32. The lowest BCUT2D eigenvalue weighted by atomic mass is 9.98. The molecule has 104 valence electrons. The average molecular weight is 402 g/mol. The van der Waals surface area contributed by atoms with Gasteiger partial charge >= 0.3 is 0 Å². The predicted molar refractivity (Wildman–Crippen MR) is 81.5 cm³/mol. The molecule has 1 N–H and O–H groups in total. The number of hydrogen-bond donors (Lipinski definition) is 1. The molecule has 0 bridgehead atoms. The molecule has 1 aliphatic heterocycles. The Bertz CT molecular complexity index is 673. The van der Waals surface area contributed by atoms with Gasteiger partial charge < -0.3 is 9.84 Å². The molecule has 5 heteroatoms. The third-order valence-corrected chi connectivity index (χ3v) is 4.28. The van der Waals surface area contributed by atoms with Crippen molar-refractivity contribution in [1.82, 2.24) is 0 Å². The van der Waals surface area contributed by atoms with Gasteiger partial charge in [-0.05, 0) is 35.9 Å². The monoisotopic (exact) mass is 400 g/mol. The van der Waals surface area contributed by atoms with Crippen LogP contribution in [0.2, 0.25) is 0 Å². The minimum atomic E-state index is -1.06. The van der Waals surface area contributed by atoms with Crippen molar-refractivity contribution in [1.29, 1.82) is 0 Å². The van der Waals surface area contributed by atoms with Crippen LogP contribution in [0.25, 0.3) is 0 Å². The van der Waals surface area contributed by atoms with Gasteiger partial charge in [0.25, 0.3) is 0 Å². The zero-order valence-electron chi connectivity index (χ0n) is 10.4. The summed E-state index contributed by atoms with van der Waals surface area (Å²) in [6.45, 7) is 0.590. The van der Waals surface area contributed by atoms with Crippen LogP contribution in [0.15, 0.2) is 39.3 Å². The predicted octanol–water partition coefficient (Wildman–Crippen LogP) is 4.37. The maximum atomic E-state index is 13.9. The highest BCUT2D eigenvalue weighted by molar-refractivity contribution is 9.10.